The molecule has 1 unspecified atom stereocenters. The minimum atomic E-state index is -0.377. The fraction of sp³-hybridized carbons (Fsp3) is 0.737. The van der Waals surface area contributed by atoms with Crippen LogP contribution in [0.5, 0.6) is 0 Å². The molecule has 8 nitrogen and oxygen atoms in total. The quantitative estimate of drug-likeness (QED) is 0.196. The molecule has 0 aliphatic rings. The Bertz CT molecular complexity index is 603. The summed E-state index contributed by atoms with van der Waals surface area (Å²) in [4.78, 5) is 16.0. The van der Waals surface area contributed by atoms with E-state index >= 15 is 0 Å². The topological polar surface area (TPSA) is 92.6 Å². The minimum absolute atomic E-state index is 0. The van der Waals surface area contributed by atoms with Crippen LogP contribution >= 0.6 is 24.0 Å². The van der Waals surface area contributed by atoms with Gasteiger partial charge in [-0.05, 0) is 45.6 Å². The van der Waals surface area contributed by atoms with Crippen LogP contribution in [-0.2, 0) is 11.3 Å². The first-order chi connectivity index (χ1) is 12.8. The highest BCUT2D eigenvalue weighted by molar-refractivity contribution is 14.0. The minimum Gasteiger partial charge on any atom is -0.450 e. The van der Waals surface area contributed by atoms with Gasteiger partial charge in [0.05, 0.1) is 12.3 Å². The lowest BCUT2D eigenvalue weighted by Crippen LogP contribution is -2.47. The Morgan fingerprint density at radius 1 is 1.32 bits per heavy atom. The molecule has 0 aliphatic heterocycles. The van der Waals surface area contributed by atoms with Gasteiger partial charge in [0.15, 0.2) is 5.96 Å². The lowest BCUT2D eigenvalue weighted by atomic mass is 10.0. The highest BCUT2D eigenvalue weighted by atomic mass is 127. The summed E-state index contributed by atoms with van der Waals surface area (Å²) in [6.07, 6.45) is 1.43. The maximum Gasteiger partial charge on any atom is 0.407 e. The Balaban J connectivity index is 0.00000729. The van der Waals surface area contributed by atoms with Gasteiger partial charge in [-0.1, -0.05) is 13.8 Å². The van der Waals surface area contributed by atoms with Crippen LogP contribution in [0.3, 0.4) is 0 Å². The van der Waals surface area contributed by atoms with Gasteiger partial charge in [0.2, 0.25) is 0 Å². The number of aryl methyl sites for hydroxylation is 3. The fourth-order valence-corrected chi connectivity index (χ4v) is 2.88. The smallest absolute Gasteiger partial charge is 0.407 e. The molecule has 162 valence electrons. The van der Waals surface area contributed by atoms with Gasteiger partial charge in [-0.2, -0.15) is 5.10 Å². The molecule has 0 aromatic carbocycles. The molecule has 0 radical (unpaired) electrons. The summed E-state index contributed by atoms with van der Waals surface area (Å²) in [6.45, 7) is 12.7. The molecular formula is C19H37IN6O2. The Morgan fingerprint density at radius 2 is 2.04 bits per heavy atom. The van der Waals surface area contributed by atoms with Crippen molar-refractivity contribution in [2.75, 3.05) is 26.7 Å². The van der Waals surface area contributed by atoms with Crippen LogP contribution in [0.1, 0.15) is 45.0 Å². The number of amides is 1. The van der Waals surface area contributed by atoms with E-state index in [1.807, 2.05) is 11.6 Å². The van der Waals surface area contributed by atoms with E-state index in [0.717, 1.165) is 37.6 Å². The van der Waals surface area contributed by atoms with E-state index in [2.05, 4.69) is 52.9 Å². The number of aromatic nitrogens is 2. The lowest BCUT2D eigenvalue weighted by Gasteiger charge is -2.22. The van der Waals surface area contributed by atoms with Gasteiger partial charge in [-0.15, -0.1) is 24.0 Å². The van der Waals surface area contributed by atoms with E-state index in [-0.39, 0.29) is 36.1 Å². The first kappa shape index (κ1) is 26.5. The summed E-state index contributed by atoms with van der Waals surface area (Å²) >= 11 is 0. The van der Waals surface area contributed by atoms with Crippen molar-refractivity contribution in [2.24, 2.45) is 10.9 Å². The van der Waals surface area contributed by atoms with E-state index < -0.39 is 0 Å². The summed E-state index contributed by atoms with van der Waals surface area (Å²) in [5.74, 6) is 1.19. The van der Waals surface area contributed by atoms with Crippen LogP contribution in [0, 0.1) is 19.8 Å². The van der Waals surface area contributed by atoms with Crippen molar-refractivity contribution in [3.8, 4) is 0 Å². The standard InChI is InChI=1S/C19H36N6O2.HI/c1-7-27-19(26)23-17(11-14(2)3)13-22-18(20-6)21-9-8-10-25-16(5)12-15(4)24-25;/h12,14,17H,7-11,13H2,1-6H3,(H,23,26)(H2,20,21,22);1H. The zero-order chi connectivity index (χ0) is 20.2. The molecule has 0 saturated heterocycles. The first-order valence-corrected chi connectivity index (χ1v) is 9.74. The lowest BCUT2D eigenvalue weighted by molar-refractivity contribution is 0.146. The van der Waals surface area contributed by atoms with Crippen molar-refractivity contribution < 1.29 is 9.53 Å². The highest BCUT2D eigenvalue weighted by Crippen LogP contribution is 2.05. The number of carbonyl (C=O) groups is 1. The van der Waals surface area contributed by atoms with Crippen LogP contribution < -0.4 is 16.0 Å². The molecule has 0 bridgehead atoms. The van der Waals surface area contributed by atoms with Gasteiger partial charge >= 0.3 is 6.09 Å². The number of nitrogens with one attached hydrogen (secondary N) is 3. The highest BCUT2D eigenvalue weighted by Gasteiger charge is 2.15. The molecular weight excluding hydrogens is 471 g/mol. The third kappa shape index (κ3) is 10.7. The number of hydrogen-bond donors (Lipinski definition) is 3. The SMILES string of the molecule is CCOC(=O)NC(CNC(=NC)NCCCn1nc(C)cc1C)CC(C)C.I. The molecule has 0 saturated carbocycles. The Kier molecular flexibility index (Phi) is 13.7. The number of carbonyl (C=O) groups excluding carboxylic acids is 1. The van der Waals surface area contributed by atoms with Gasteiger partial charge in [-0.25, -0.2) is 4.79 Å². The number of alkyl carbamates (subject to hydrolysis) is 1. The molecule has 0 spiro atoms. The van der Waals surface area contributed by atoms with Gasteiger partial charge in [0, 0.05) is 38.4 Å². The van der Waals surface area contributed by atoms with Crippen LogP contribution in [0.4, 0.5) is 4.79 Å². The Hall–Kier alpha value is -1.52. The second-order valence-electron chi connectivity index (χ2n) is 7.07. The van der Waals surface area contributed by atoms with E-state index in [0.29, 0.717) is 19.1 Å². The second kappa shape index (κ2) is 14.5. The van der Waals surface area contributed by atoms with Crippen LogP contribution in [-0.4, -0.2) is 54.6 Å². The predicted molar refractivity (Wildman–Crippen MR) is 124 cm³/mol. The summed E-state index contributed by atoms with van der Waals surface area (Å²) in [5.41, 5.74) is 2.22. The average Bonchev–Trinajstić information content (AvgIpc) is 2.91. The summed E-state index contributed by atoms with van der Waals surface area (Å²) in [7, 11) is 1.74. The predicted octanol–water partition coefficient (Wildman–Crippen LogP) is 2.83. The monoisotopic (exact) mass is 508 g/mol. The Labute approximate surface area is 186 Å². The van der Waals surface area contributed by atoms with Crippen LogP contribution in [0.15, 0.2) is 11.1 Å². The van der Waals surface area contributed by atoms with Gasteiger partial charge < -0.3 is 20.7 Å². The van der Waals surface area contributed by atoms with Gasteiger partial charge in [0.25, 0.3) is 0 Å². The van der Waals surface area contributed by atoms with E-state index in [1.165, 1.54) is 5.69 Å². The molecule has 1 atom stereocenters. The molecule has 1 heterocycles. The number of aliphatic imine (C=N–C) groups is 1. The van der Waals surface area contributed by atoms with Crippen molar-refractivity contribution >= 4 is 36.0 Å². The van der Waals surface area contributed by atoms with Gasteiger partial charge in [0.1, 0.15) is 0 Å². The summed E-state index contributed by atoms with van der Waals surface area (Å²) in [5, 5.41) is 14.0. The molecule has 1 aromatic rings. The summed E-state index contributed by atoms with van der Waals surface area (Å²) < 4.78 is 7.01. The second-order valence-corrected chi connectivity index (χ2v) is 7.07. The number of halogens is 1. The third-order valence-corrected chi connectivity index (χ3v) is 4.04. The number of hydrogen-bond acceptors (Lipinski definition) is 4. The van der Waals surface area contributed by atoms with Crippen LogP contribution in [0.25, 0.3) is 0 Å². The fourth-order valence-electron chi connectivity index (χ4n) is 2.88. The molecule has 3 N–H and O–H groups in total. The van der Waals surface area contributed by atoms with Crippen molar-refractivity contribution in [1.82, 2.24) is 25.7 Å². The number of guanidine groups is 1. The van der Waals surface area contributed by atoms with Crippen molar-refractivity contribution in [3.63, 3.8) is 0 Å². The number of nitrogens with zero attached hydrogens (tertiary/aromatic N) is 3. The molecule has 1 rings (SSSR count). The third-order valence-electron chi connectivity index (χ3n) is 4.04. The molecule has 0 fully saturated rings. The zero-order valence-electron chi connectivity index (χ0n) is 18.0. The maximum absolute atomic E-state index is 11.7. The molecule has 1 aromatic heterocycles. The average molecular weight is 508 g/mol. The normalized spacial score (nSPS) is 12.3. The van der Waals surface area contributed by atoms with Crippen LogP contribution in [0.2, 0.25) is 0 Å². The number of ether oxygens (including phenoxy) is 1. The Morgan fingerprint density at radius 3 is 2.57 bits per heavy atom. The zero-order valence-corrected chi connectivity index (χ0v) is 20.4. The molecule has 28 heavy (non-hydrogen) atoms. The van der Waals surface area contributed by atoms with E-state index in [1.54, 1.807) is 14.0 Å². The molecule has 0 aliphatic carbocycles. The van der Waals surface area contributed by atoms with E-state index in [4.69, 9.17) is 4.74 Å². The maximum atomic E-state index is 11.7. The van der Waals surface area contributed by atoms with E-state index in [9.17, 15) is 4.79 Å². The molecule has 1 amide bonds. The van der Waals surface area contributed by atoms with Crippen molar-refractivity contribution in [3.05, 3.63) is 17.5 Å². The first-order valence-electron chi connectivity index (χ1n) is 9.74. The summed E-state index contributed by atoms with van der Waals surface area (Å²) in [6, 6.07) is 2.07. The largest absolute Gasteiger partial charge is 0.450 e. The molecule has 9 heteroatoms. The van der Waals surface area contributed by atoms with Crippen molar-refractivity contribution in [2.45, 2.75) is 60.0 Å². The van der Waals surface area contributed by atoms with Gasteiger partial charge in [-0.3, -0.25) is 9.67 Å². The van der Waals surface area contributed by atoms with Crippen molar-refractivity contribution in [1.29, 1.82) is 0 Å². The number of rotatable bonds is 10.